The fourth-order valence-electron chi connectivity index (χ4n) is 16.5. The lowest BCUT2D eigenvalue weighted by atomic mass is 9.63. The average Bonchev–Trinajstić information content (AvgIpc) is 3.21. The van der Waals surface area contributed by atoms with Crippen LogP contribution in [0.15, 0.2) is 0 Å². The van der Waals surface area contributed by atoms with Gasteiger partial charge in [0, 0.05) is 37.8 Å². The number of hydrogen-bond donors (Lipinski definition) is 3. The number of hydrogen-bond acceptors (Lipinski definition) is 8. The second-order valence-electron chi connectivity index (χ2n) is 31.9. The van der Waals surface area contributed by atoms with Crippen LogP contribution in [-0.2, 0) is 0 Å². The first-order chi connectivity index (χ1) is 34.2. The van der Waals surface area contributed by atoms with E-state index in [-0.39, 0.29) is 0 Å². The Morgan fingerprint density at radius 3 is 1.14 bits per heavy atom. The Morgan fingerprint density at radius 1 is 0.419 bits per heavy atom. The number of nitrogens with one attached hydrogen (secondary N) is 3. The van der Waals surface area contributed by atoms with Gasteiger partial charge in [0.2, 0.25) is 11.9 Å². The summed E-state index contributed by atoms with van der Waals surface area (Å²) in [7, 11) is 4.26. The summed E-state index contributed by atoms with van der Waals surface area (Å²) in [4.78, 5) is 19.3. The minimum absolute atomic E-state index is 0.326. The zero-order valence-electron chi connectivity index (χ0n) is 53.8. The van der Waals surface area contributed by atoms with Crippen LogP contribution in [0.2, 0.25) is 0 Å². The monoisotopic (exact) mass is 1040 g/mol. The molecule has 8 heteroatoms. The minimum Gasteiger partial charge on any atom is -0.357 e. The van der Waals surface area contributed by atoms with Crippen LogP contribution in [0.4, 0.5) is 11.9 Å². The highest BCUT2D eigenvalue weighted by Gasteiger charge is 2.43. The lowest BCUT2D eigenvalue weighted by Crippen LogP contribution is -2.47. The maximum Gasteiger partial charge on any atom is 0.230 e. The van der Waals surface area contributed by atoms with Crippen LogP contribution in [0.5, 0.6) is 0 Å². The van der Waals surface area contributed by atoms with Crippen LogP contribution in [0.3, 0.4) is 0 Å². The van der Waals surface area contributed by atoms with Gasteiger partial charge in [0.1, 0.15) is 5.82 Å². The molecule has 0 bridgehead atoms. The van der Waals surface area contributed by atoms with Crippen molar-refractivity contribution in [1.29, 1.82) is 0 Å². The summed E-state index contributed by atoms with van der Waals surface area (Å²) in [5, 5.41) is 10.9. The molecule has 434 valence electrons. The highest BCUT2D eigenvalue weighted by atomic mass is 15.3. The molecule has 0 radical (unpaired) electrons. The van der Waals surface area contributed by atoms with Crippen molar-refractivity contribution >= 4 is 11.9 Å². The quantitative estimate of drug-likeness (QED) is 0.0836. The molecule has 0 spiro atoms. The topological polar surface area (TPSA) is 81.2 Å². The summed E-state index contributed by atoms with van der Waals surface area (Å²) in [6, 6.07) is 2.62. The highest BCUT2D eigenvalue weighted by molar-refractivity contribution is 5.38. The van der Waals surface area contributed by atoms with Gasteiger partial charge in [-0.15, -0.1) is 0 Å². The van der Waals surface area contributed by atoms with Crippen molar-refractivity contribution in [2.24, 2.45) is 43.3 Å². The molecule has 1 heterocycles. The molecule has 0 atom stereocenters. The van der Waals surface area contributed by atoms with Crippen molar-refractivity contribution in [3.05, 3.63) is 5.82 Å². The SMILES string of the molecule is CCCCCCCC.CN(CCCCCCNC1CC(C)(C)CC(C)(C)C1)C1CC(C)(C)CC(C)(C)C1.CNc1nc(C)nc(N(CCCCCCNC2CC(C)(C)CC(C)(C)C2)C2CC(C)(C)CC(C)(C)C2)n1. The molecule has 0 aliphatic heterocycles. The molecule has 1 aromatic heterocycles. The molecule has 74 heavy (non-hydrogen) atoms. The van der Waals surface area contributed by atoms with E-state index in [1.54, 1.807) is 0 Å². The van der Waals surface area contributed by atoms with E-state index in [1.807, 2.05) is 14.0 Å². The second-order valence-corrected chi connectivity index (χ2v) is 31.9. The molecule has 0 amide bonds. The lowest BCUT2D eigenvalue weighted by molar-refractivity contribution is 0.0348. The molecule has 8 nitrogen and oxygen atoms in total. The van der Waals surface area contributed by atoms with E-state index in [9.17, 15) is 0 Å². The molecule has 4 saturated carbocycles. The van der Waals surface area contributed by atoms with Crippen LogP contribution in [0, 0.1) is 50.2 Å². The van der Waals surface area contributed by atoms with E-state index in [4.69, 9.17) is 9.97 Å². The Labute approximate surface area is 462 Å². The van der Waals surface area contributed by atoms with Gasteiger partial charge in [-0.3, -0.25) is 0 Å². The molecule has 4 aliphatic carbocycles. The fraction of sp³-hybridized carbons (Fsp3) is 0.955. The number of unbranched alkanes of at least 4 members (excludes halogenated alkanes) is 11. The number of aryl methyl sites for hydroxylation is 1. The number of rotatable bonds is 25. The summed E-state index contributed by atoms with van der Waals surface area (Å²) in [6.45, 7) is 50.3. The highest BCUT2D eigenvalue weighted by Crippen LogP contribution is 2.50. The molecule has 5 rings (SSSR count). The maximum absolute atomic E-state index is 4.81. The van der Waals surface area contributed by atoms with Gasteiger partial charge >= 0.3 is 0 Å². The number of aromatic nitrogens is 3. The second kappa shape index (κ2) is 29.6. The largest absolute Gasteiger partial charge is 0.357 e. The summed E-state index contributed by atoms with van der Waals surface area (Å²) in [5.41, 5.74) is 3.53. The maximum atomic E-state index is 4.81. The van der Waals surface area contributed by atoms with Gasteiger partial charge in [0.05, 0.1) is 0 Å². The summed E-state index contributed by atoms with van der Waals surface area (Å²) >= 11 is 0. The molecule has 3 N–H and O–H groups in total. The number of anilines is 2. The van der Waals surface area contributed by atoms with Crippen molar-refractivity contribution in [3.63, 3.8) is 0 Å². The molecule has 0 saturated heterocycles. The first-order valence-electron chi connectivity index (χ1n) is 31.5. The lowest BCUT2D eigenvalue weighted by Gasteiger charge is -2.48. The Morgan fingerprint density at radius 2 is 0.757 bits per heavy atom. The van der Waals surface area contributed by atoms with Gasteiger partial charge in [-0.2, -0.15) is 15.0 Å². The van der Waals surface area contributed by atoms with Gasteiger partial charge in [0.15, 0.2) is 0 Å². The molecular weight excluding hydrogens is 905 g/mol. The van der Waals surface area contributed by atoms with E-state index >= 15 is 0 Å². The van der Waals surface area contributed by atoms with Crippen molar-refractivity contribution in [2.45, 2.75) is 323 Å². The van der Waals surface area contributed by atoms with Crippen LogP contribution in [0.1, 0.15) is 297 Å². The average molecular weight is 1040 g/mol. The van der Waals surface area contributed by atoms with Crippen LogP contribution in [0.25, 0.3) is 0 Å². The van der Waals surface area contributed by atoms with Crippen LogP contribution >= 0.6 is 0 Å². The van der Waals surface area contributed by atoms with E-state index < -0.39 is 0 Å². The van der Waals surface area contributed by atoms with Gasteiger partial charge in [-0.1, -0.05) is 189 Å². The molecule has 0 aromatic carbocycles. The van der Waals surface area contributed by atoms with Crippen molar-refractivity contribution in [1.82, 2.24) is 30.5 Å². The summed E-state index contributed by atoms with van der Waals surface area (Å²) in [6.07, 6.45) is 34.7. The molecule has 4 fully saturated rings. The normalized spacial score (nSPS) is 23.1. The third kappa shape index (κ3) is 26.4. The smallest absolute Gasteiger partial charge is 0.230 e. The standard InChI is InChI=1S/C31H58N6.C27H54N2.C8H18/c1-23-34-26(32-10)36-27(35-23)37(25-19-30(6,7)22-31(8,9)20-25)16-14-12-11-13-15-33-24-17-28(2,3)21-29(4,5)18-24;1-24(2)16-22(17-25(3,4)20-24)28-14-12-10-11-13-15-29(9)23-18-26(5,6)21-27(7,8)19-23;1-3-5-7-8-6-4-2/h24-25,33H,11-22H2,1-10H3,(H,32,34,35,36);22-23,28H,10-21H2,1-9H3;3-8H2,1-2H3. The van der Waals surface area contributed by atoms with Crippen molar-refractivity contribution in [3.8, 4) is 0 Å². The van der Waals surface area contributed by atoms with E-state index in [1.165, 1.54) is 180 Å². The van der Waals surface area contributed by atoms with Crippen LogP contribution < -0.4 is 20.9 Å². The van der Waals surface area contributed by atoms with Crippen molar-refractivity contribution < 1.29 is 0 Å². The molecular formula is C66H130N8. The van der Waals surface area contributed by atoms with Gasteiger partial charge < -0.3 is 25.8 Å². The predicted molar refractivity (Wildman–Crippen MR) is 327 cm³/mol. The van der Waals surface area contributed by atoms with Crippen molar-refractivity contribution in [2.75, 3.05) is 50.5 Å². The van der Waals surface area contributed by atoms with E-state index in [0.29, 0.717) is 61.4 Å². The van der Waals surface area contributed by atoms with Gasteiger partial charge in [-0.25, -0.2) is 0 Å². The molecule has 1 aromatic rings. The van der Waals surface area contributed by atoms with E-state index in [2.05, 4.69) is 162 Å². The number of nitrogens with zero attached hydrogens (tertiary/aromatic N) is 5. The Hall–Kier alpha value is -1.51. The van der Waals surface area contributed by atoms with Gasteiger partial charge in [0.25, 0.3) is 0 Å². The molecule has 0 unspecified atom stereocenters. The Kier molecular flexibility index (Phi) is 26.7. The first-order valence-corrected chi connectivity index (χ1v) is 31.5. The van der Waals surface area contributed by atoms with Crippen LogP contribution in [-0.4, -0.2) is 84.3 Å². The third-order valence-corrected chi connectivity index (χ3v) is 17.5. The zero-order chi connectivity index (χ0) is 55.7. The first kappa shape index (κ1) is 66.8. The zero-order valence-corrected chi connectivity index (χ0v) is 53.8. The summed E-state index contributed by atoms with van der Waals surface area (Å²) < 4.78 is 0. The Bertz CT molecular complexity index is 1640. The minimum atomic E-state index is 0.326. The predicted octanol–water partition coefficient (Wildman–Crippen LogP) is 18.0. The Balaban J connectivity index is 0.000000347. The van der Waals surface area contributed by atoms with E-state index in [0.717, 1.165) is 36.9 Å². The fourth-order valence-corrected chi connectivity index (χ4v) is 16.5. The molecule has 4 aliphatic rings. The summed E-state index contributed by atoms with van der Waals surface area (Å²) in [5.74, 6) is 2.30. The van der Waals surface area contributed by atoms with Gasteiger partial charge in [-0.05, 0) is 180 Å². The third-order valence-electron chi connectivity index (χ3n) is 17.5.